The van der Waals surface area contributed by atoms with Crippen LogP contribution in [0.5, 0.6) is 5.88 Å². The largest absolute Gasteiger partial charge is 0.441 e. The van der Waals surface area contributed by atoms with Crippen LogP contribution in [-0.2, 0) is 5.41 Å². The molecule has 1 aliphatic rings. The topological polar surface area (TPSA) is 52.1 Å². The Balaban J connectivity index is 2.51. The van der Waals surface area contributed by atoms with E-state index in [9.17, 15) is 4.79 Å². The fourth-order valence-electron chi connectivity index (χ4n) is 2.17. The average Bonchev–Trinajstić information content (AvgIpc) is 2.26. The Morgan fingerprint density at radius 3 is 2.47 bits per heavy atom. The van der Waals surface area contributed by atoms with E-state index in [0.717, 1.165) is 5.69 Å². The Kier molecular flexibility index (Phi) is 3.20. The smallest absolute Gasteiger partial charge is 0.249 e. The lowest BCUT2D eigenvalue weighted by atomic mass is 9.84. The second-order valence-corrected chi connectivity index (χ2v) is 6.35. The van der Waals surface area contributed by atoms with Gasteiger partial charge in [0.1, 0.15) is 5.76 Å². The Hall–Kier alpha value is -1.71. The van der Waals surface area contributed by atoms with Crippen molar-refractivity contribution < 1.29 is 9.53 Å². The minimum atomic E-state index is -0.301. The Morgan fingerprint density at radius 1 is 1.32 bits per heavy atom. The van der Waals surface area contributed by atoms with Crippen LogP contribution in [0.25, 0.3) is 0 Å². The van der Waals surface area contributed by atoms with Crippen LogP contribution in [0.1, 0.15) is 50.7 Å². The number of carbonyl (C=O) groups is 1. The molecule has 1 aromatic heterocycles. The molecule has 4 nitrogen and oxygen atoms in total. The molecule has 0 saturated heterocycles. The molecule has 2 rings (SSSR count). The highest BCUT2D eigenvalue weighted by Gasteiger charge is 2.36. The second kappa shape index (κ2) is 4.44. The molecule has 0 N–H and O–H groups in total. The quantitative estimate of drug-likeness (QED) is 0.778. The first-order valence-electron chi connectivity index (χ1n) is 6.51. The molecular formula is C15H20N2O2. The van der Waals surface area contributed by atoms with E-state index in [1.807, 2.05) is 34.6 Å². The maximum atomic E-state index is 12.5. The van der Waals surface area contributed by atoms with E-state index >= 15 is 0 Å². The average molecular weight is 260 g/mol. The van der Waals surface area contributed by atoms with Gasteiger partial charge in [0.25, 0.3) is 0 Å². The molecule has 0 spiro atoms. The first-order valence-corrected chi connectivity index (χ1v) is 6.51. The summed E-state index contributed by atoms with van der Waals surface area (Å²) in [5, 5.41) is 8.16. The first kappa shape index (κ1) is 13.7. The highest BCUT2D eigenvalue weighted by molar-refractivity contribution is 6.02. The van der Waals surface area contributed by atoms with Gasteiger partial charge in [-0.3, -0.25) is 4.79 Å². The van der Waals surface area contributed by atoms with Gasteiger partial charge in [-0.05, 0) is 12.0 Å². The van der Waals surface area contributed by atoms with E-state index in [2.05, 4.69) is 16.8 Å². The summed E-state index contributed by atoms with van der Waals surface area (Å²) in [4.78, 5) is 12.5. The lowest BCUT2D eigenvalue weighted by molar-refractivity contribution is 0.0849. The Labute approximate surface area is 113 Å². The van der Waals surface area contributed by atoms with Crippen molar-refractivity contribution in [3.05, 3.63) is 29.7 Å². The van der Waals surface area contributed by atoms with Crippen molar-refractivity contribution in [1.82, 2.24) is 10.2 Å². The van der Waals surface area contributed by atoms with Crippen molar-refractivity contribution in [1.29, 1.82) is 0 Å². The molecule has 0 aromatic carbocycles. The summed E-state index contributed by atoms with van der Waals surface area (Å²) >= 11 is 0. The van der Waals surface area contributed by atoms with Crippen LogP contribution in [-0.4, -0.2) is 16.0 Å². The van der Waals surface area contributed by atoms with Crippen LogP contribution >= 0.6 is 0 Å². The zero-order valence-corrected chi connectivity index (χ0v) is 12.2. The molecule has 0 aliphatic carbocycles. The summed E-state index contributed by atoms with van der Waals surface area (Å²) in [6, 6.07) is 1.80. The van der Waals surface area contributed by atoms with Crippen molar-refractivity contribution in [2.45, 2.75) is 40.0 Å². The van der Waals surface area contributed by atoms with Gasteiger partial charge in [-0.25, -0.2) is 0 Å². The Bertz CT molecular complexity index is 542. The molecule has 0 bridgehead atoms. The molecule has 1 aliphatic heterocycles. The van der Waals surface area contributed by atoms with Crippen LogP contribution in [0.3, 0.4) is 0 Å². The van der Waals surface area contributed by atoms with Crippen molar-refractivity contribution >= 4 is 5.78 Å². The van der Waals surface area contributed by atoms with Crippen LogP contribution in [0, 0.1) is 11.8 Å². The van der Waals surface area contributed by atoms with Crippen LogP contribution in [0.2, 0.25) is 0 Å². The summed E-state index contributed by atoms with van der Waals surface area (Å²) in [6.07, 6.45) is 0. The number of allylic oxidation sites excluding steroid dienone is 1. The molecule has 1 unspecified atom stereocenters. The van der Waals surface area contributed by atoms with Crippen LogP contribution in [0.4, 0.5) is 0 Å². The van der Waals surface area contributed by atoms with Gasteiger partial charge in [0.2, 0.25) is 5.88 Å². The van der Waals surface area contributed by atoms with Gasteiger partial charge in [0.05, 0.1) is 17.2 Å². The zero-order valence-electron chi connectivity index (χ0n) is 12.2. The van der Waals surface area contributed by atoms with Gasteiger partial charge in [-0.15, -0.1) is 5.10 Å². The summed E-state index contributed by atoms with van der Waals surface area (Å²) in [6.45, 7) is 13.9. The third kappa shape index (κ3) is 2.39. The molecule has 1 atom stereocenters. The standard InChI is InChI=1S/C15H20N2O2/c1-8(2)12-9(3)19-14-10(13(12)18)7-11(16-17-14)15(4,5)6/h7-8,12H,3H2,1-2,4-6H3. The third-order valence-electron chi connectivity index (χ3n) is 3.32. The van der Waals surface area contributed by atoms with E-state index in [1.165, 1.54) is 0 Å². The number of aromatic nitrogens is 2. The van der Waals surface area contributed by atoms with Gasteiger partial charge in [0, 0.05) is 5.41 Å². The van der Waals surface area contributed by atoms with Crippen LogP contribution < -0.4 is 4.74 Å². The number of nitrogens with zero attached hydrogens (tertiary/aromatic N) is 2. The summed E-state index contributed by atoms with van der Waals surface area (Å²) < 4.78 is 5.55. The number of fused-ring (bicyclic) bond motifs is 1. The van der Waals surface area contributed by atoms with Crippen molar-refractivity contribution in [3.8, 4) is 5.88 Å². The fourth-order valence-corrected chi connectivity index (χ4v) is 2.17. The molecule has 102 valence electrons. The normalized spacial score (nSPS) is 19.4. The summed E-state index contributed by atoms with van der Waals surface area (Å²) in [5.74, 6) is 0.621. The number of ether oxygens (including phenoxy) is 1. The predicted molar refractivity (Wildman–Crippen MR) is 73.2 cm³/mol. The minimum absolute atomic E-state index is 0.0293. The monoisotopic (exact) mass is 260 g/mol. The van der Waals surface area contributed by atoms with Gasteiger partial charge in [-0.2, -0.15) is 5.10 Å². The zero-order chi connectivity index (χ0) is 14.4. The van der Waals surface area contributed by atoms with Crippen LogP contribution in [0.15, 0.2) is 18.4 Å². The van der Waals surface area contributed by atoms with Gasteiger partial charge in [-0.1, -0.05) is 41.2 Å². The molecule has 0 radical (unpaired) electrons. The lowest BCUT2D eigenvalue weighted by Crippen LogP contribution is -2.31. The number of carbonyl (C=O) groups excluding carboxylic acids is 1. The lowest BCUT2D eigenvalue weighted by Gasteiger charge is -2.28. The van der Waals surface area contributed by atoms with Crippen molar-refractivity contribution in [2.75, 3.05) is 0 Å². The van der Waals surface area contributed by atoms with E-state index in [-0.39, 0.29) is 28.9 Å². The maximum Gasteiger partial charge on any atom is 0.249 e. The number of ketones is 1. The fraction of sp³-hybridized carbons (Fsp3) is 0.533. The third-order valence-corrected chi connectivity index (χ3v) is 3.32. The van der Waals surface area contributed by atoms with Gasteiger partial charge in [0.15, 0.2) is 5.78 Å². The highest BCUT2D eigenvalue weighted by atomic mass is 16.5. The SMILES string of the molecule is C=C1Oc2nnc(C(C)(C)C)cc2C(=O)C1C(C)C. The molecule has 0 fully saturated rings. The van der Waals surface area contributed by atoms with Gasteiger partial charge < -0.3 is 4.74 Å². The summed E-state index contributed by atoms with van der Waals surface area (Å²) in [7, 11) is 0. The highest BCUT2D eigenvalue weighted by Crippen LogP contribution is 2.35. The molecule has 0 saturated carbocycles. The molecule has 19 heavy (non-hydrogen) atoms. The van der Waals surface area contributed by atoms with Gasteiger partial charge >= 0.3 is 0 Å². The number of rotatable bonds is 1. The summed E-state index contributed by atoms with van der Waals surface area (Å²) in [5.41, 5.74) is 1.16. The van der Waals surface area contributed by atoms with E-state index in [1.54, 1.807) is 6.07 Å². The second-order valence-electron chi connectivity index (χ2n) is 6.35. The first-order chi connectivity index (χ1) is 8.71. The number of Topliss-reactive ketones (excluding diaryl/α,β-unsaturated/α-hetero) is 1. The van der Waals surface area contributed by atoms with E-state index < -0.39 is 0 Å². The predicted octanol–water partition coefficient (Wildman–Crippen LogP) is 3.14. The minimum Gasteiger partial charge on any atom is -0.441 e. The molecule has 2 heterocycles. The molecule has 1 aromatic rings. The molecular weight excluding hydrogens is 240 g/mol. The van der Waals surface area contributed by atoms with Crippen molar-refractivity contribution in [3.63, 3.8) is 0 Å². The number of hydrogen-bond acceptors (Lipinski definition) is 4. The maximum absolute atomic E-state index is 12.5. The Morgan fingerprint density at radius 2 is 1.95 bits per heavy atom. The van der Waals surface area contributed by atoms with Crippen molar-refractivity contribution in [2.24, 2.45) is 11.8 Å². The number of hydrogen-bond donors (Lipinski definition) is 0. The van der Waals surface area contributed by atoms with E-state index in [0.29, 0.717) is 11.3 Å². The molecule has 4 heteroatoms. The molecule has 0 amide bonds. The van der Waals surface area contributed by atoms with E-state index in [4.69, 9.17) is 4.74 Å².